The van der Waals surface area contributed by atoms with Gasteiger partial charge in [0.1, 0.15) is 24.3 Å². The maximum atomic E-state index is 13.7. The van der Waals surface area contributed by atoms with E-state index in [1.165, 1.54) is 11.0 Å². The third-order valence-electron chi connectivity index (χ3n) is 4.44. The molecule has 1 heterocycles. The van der Waals surface area contributed by atoms with Gasteiger partial charge in [-0.05, 0) is 18.6 Å². The monoisotopic (exact) mass is 374 g/mol. The average molecular weight is 374 g/mol. The number of rotatable bonds is 5. The summed E-state index contributed by atoms with van der Waals surface area (Å²) in [6.07, 6.45) is 0. The van der Waals surface area contributed by atoms with Crippen LogP contribution in [0.5, 0.6) is 0 Å². The number of halogens is 2. The van der Waals surface area contributed by atoms with Gasteiger partial charge in [0.05, 0.1) is 6.61 Å². The zero-order valence-electron chi connectivity index (χ0n) is 14.9. The molecule has 27 heavy (non-hydrogen) atoms. The van der Waals surface area contributed by atoms with Crippen LogP contribution in [0, 0.1) is 18.6 Å². The molecule has 2 aromatic rings. The van der Waals surface area contributed by atoms with Crippen molar-refractivity contribution >= 4 is 11.8 Å². The normalized spacial score (nSPS) is 17.1. The molecule has 1 aliphatic rings. The summed E-state index contributed by atoms with van der Waals surface area (Å²) < 4.78 is 31.9. The maximum absolute atomic E-state index is 13.7. The highest BCUT2D eigenvalue weighted by atomic mass is 19.1. The van der Waals surface area contributed by atoms with Gasteiger partial charge in [0.2, 0.25) is 11.8 Å². The van der Waals surface area contributed by atoms with Crippen LogP contribution in [0.3, 0.4) is 0 Å². The molecule has 2 amide bonds. The van der Waals surface area contributed by atoms with Crippen LogP contribution < -0.4 is 5.32 Å². The number of carbonyl (C=O) groups excluding carboxylic acids is 2. The zero-order valence-corrected chi connectivity index (χ0v) is 14.9. The lowest BCUT2D eigenvalue weighted by molar-refractivity contribution is -0.155. The van der Waals surface area contributed by atoms with E-state index in [1.807, 2.05) is 31.2 Å². The minimum Gasteiger partial charge on any atom is -0.369 e. The molecule has 1 saturated heterocycles. The van der Waals surface area contributed by atoms with Crippen LogP contribution in [0.1, 0.15) is 16.7 Å². The lowest BCUT2D eigenvalue weighted by atomic mass is 10.1. The minimum atomic E-state index is -0.809. The summed E-state index contributed by atoms with van der Waals surface area (Å²) in [6, 6.07) is 10.0. The van der Waals surface area contributed by atoms with Crippen molar-refractivity contribution in [2.45, 2.75) is 26.1 Å². The zero-order chi connectivity index (χ0) is 19.4. The van der Waals surface area contributed by atoms with E-state index in [0.29, 0.717) is 0 Å². The van der Waals surface area contributed by atoms with Crippen molar-refractivity contribution in [2.24, 2.45) is 0 Å². The van der Waals surface area contributed by atoms with Gasteiger partial charge in [0, 0.05) is 24.7 Å². The molecule has 7 heteroatoms. The van der Waals surface area contributed by atoms with Crippen LogP contribution in [0.25, 0.3) is 0 Å². The SMILES string of the molecule is Cc1ccc(CN2C(=O)COC[C@H]2C(=O)NCc2ccc(F)cc2F)cc1. The van der Waals surface area contributed by atoms with Crippen molar-refractivity contribution in [2.75, 3.05) is 13.2 Å². The van der Waals surface area contributed by atoms with E-state index in [1.54, 1.807) is 0 Å². The minimum absolute atomic E-state index is 0.0648. The lowest BCUT2D eigenvalue weighted by Gasteiger charge is -2.34. The molecule has 0 aromatic heterocycles. The molecule has 1 atom stereocenters. The summed E-state index contributed by atoms with van der Waals surface area (Å²) in [6.45, 7) is 2.13. The molecule has 0 bridgehead atoms. The molecular weight excluding hydrogens is 354 g/mol. The van der Waals surface area contributed by atoms with Gasteiger partial charge >= 0.3 is 0 Å². The molecule has 2 aromatic carbocycles. The van der Waals surface area contributed by atoms with Crippen molar-refractivity contribution in [3.8, 4) is 0 Å². The molecule has 5 nitrogen and oxygen atoms in total. The Morgan fingerprint density at radius 2 is 1.96 bits per heavy atom. The third-order valence-corrected chi connectivity index (χ3v) is 4.44. The highest BCUT2D eigenvalue weighted by Gasteiger charge is 2.34. The molecule has 0 spiro atoms. The molecule has 1 fully saturated rings. The van der Waals surface area contributed by atoms with E-state index in [2.05, 4.69) is 5.32 Å². The number of nitrogens with zero attached hydrogens (tertiary/aromatic N) is 1. The quantitative estimate of drug-likeness (QED) is 0.874. The fraction of sp³-hybridized carbons (Fsp3) is 0.300. The van der Waals surface area contributed by atoms with E-state index >= 15 is 0 Å². The lowest BCUT2D eigenvalue weighted by Crippen LogP contribution is -2.55. The first-order chi connectivity index (χ1) is 12.9. The molecule has 0 aliphatic carbocycles. The number of benzene rings is 2. The van der Waals surface area contributed by atoms with Crippen molar-refractivity contribution in [3.63, 3.8) is 0 Å². The van der Waals surface area contributed by atoms with Crippen molar-refractivity contribution in [3.05, 3.63) is 70.8 Å². The Bertz CT molecular complexity index is 840. The standard InChI is InChI=1S/C20H20F2N2O3/c1-13-2-4-14(5-3-13)10-24-18(11-27-12-19(24)25)20(26)23-9-15-6-7-16(21)8-17(15)22/h2-8,18H,9-12H2,1H3,(H,23,26)/t18-/m0/s1. The average Bonchev–Trinajstić information content (AvgIpc) is 2.64. The first-order valence-corrected chi connectivity index (χ1v) is 8.58. The second-order valence-electron chi connectivity index (χ2n) is 6.49. The number of amides is 2. The predicted octanol–water partition coefficient (Wildman–Crippen LogP) is 2.32. The molecule has 0 saturated carbocycles. The Kier molecular flexibility index (Phi) is 5.81. The summed E-state index contributed by atoms with van der Waals surface area (Å²) in [5, 5.41) is 2.60. The Hall–Kier alpha value is -2.80. The second-order valence-corrected chi connectivity index (χ2v) is 6.49. The number of nitrogens with one attached hydrogen (secondary N) is 1. The molecular formula is C20H20F2N2O3. The number of hydrogen-bond donors (Lipinski definition) is 1. The number of hydrogen-bond acceptors (Lipinski definition) is 3. The van der Waals surface area contributed by atoms with Crippen LogP contribution in [-0.4, -0.2) is 36.0 Å². The van der Waals surface area contributed by atoms with Crippen LogP contribution in [0.15, 0.2) is 42.5 Å². The molecule has 0 radical (unpaired) electrons. The number of carbonyl (C=O) groups is 2. The highest BCUT2D eigenvalue weighted by Crippen LogP contribution is 2.15. The fourth-order valence-corrected chi connectivity index (χ4v) is 2.88. The van der Waals surface area contributed by atoms with Gasteiger partial charge in [0.25, 0.3) is 0 Å². The fourth-order valence-electron chi connectivity index (χ4n) is 2.88. The van der Waals surface area contributed by atoms with Crippen LogP contribution in [0.2, 0.25) is 0 Å². The van der Waals surface area contributed by atoms with Gasteiger partial charge in [-0.15, -0.1) is 0 Å². The van der Waals surface area contributed by atoms with Gasteiger partial charge in [-0.2, -0.15) is 0 Å². The third kappa shape index (κ3) is 4.68. The first kappa shape index (κ1) is 19.0. The molecule has 0 unspecified atom stereocenters. The van der Waals surface area contributed by atoms with Gasteiger partial charge in [-0.1, -0.05) is 35.9 Å². The number of aryl methyl sites for hydroxylation is 1. The second kappa shape index (κ2) is 8.26. The van der Waals surface area contributed by atoms with Crippen LogP contribution in [-0.2, 0) is 27.4 Å². The molecule has 1 aliphatic heterocycles. The van der Waals surface area contributed by atoms with E-state index in [0.717, 1.165) is 23.3 Å². The maximum Gasteiger partial charge on any atom is 0.249 e. The van der Waals surface area contributed by atoms with Crippen molar-refractivity contribution in [1.82, 2.24) is 10.2 Å². The molecule has 1 N–H and O–H groups in total. The molecule has 3 rings (SSSR count). The highest BCUT2D eigenvalue weighted by molar-refractivity contribution is 5.89. The van der Waals surface area contributed by atoms with E-state index in [4.69, 9.17) is 4.74 Å². The van der Waals surface area contributed by atoms with Crippen molar-refractivity contribution in [1.29, 1.82) is 0 Å². The summed E-state index contributed by atoms with van der Waals surface area (Å²) in [5.41, 5.74) is 2.17. The summed E-state index contributed by atoms with van der Waals surface area (Å²) >= 11 is 0. The summed E-state index contributed by atoms with van der Waals surface area (Å²) in [4.78, 5) is 26.3. The van der Waals surface area contributed by atoms with E-state index in [-0.39, 0.29) is 37.8 Å². The summed E-state index contributed by atoms with van der Waals surface area (Å²) in [7, 11) is 0. The molecule has 142 valence electrons. The number of ether oxygens (including phenoxy) is 1. The largest absolute Gasteiger partial charge is 0.369 e. The first-order valence-electron chi connectivity index (χ1n) is 8.58. The van der Waals surface area contributed by atoms with Gasteiger partial charge < -0.3 is 15.0 Å². The summed E-state index contributed by atoms with van der Waals surface area (Å²) in [5.74, 6) is -2.14. The Balaban J connectivity index is 1.68. The Labute approximate surface area is 155 Å². The van der Waals surface area contributed by atoms with Crippen LogP contribution >= 0.6 is 0 Å². The van der Waals surface area contributed by atoms with Gasteiger partial charge in [0.15, 0.2) is 0 Å². The van der Waals surface area contributed by atoms with Gasteiger partial charge in [-0.3, -0.25) is 9.59 Å². The van der Waals surface area contributed by atoms with E-state index in [9.17, 15) is 18.4 Å². The van der Waals surface area contributed by atoms with Crippen molar-refractivity contribution < 1.29 is 23.1 Å². The van der Waals surface area contributed by atoms with Gasteiger partial charge in [-0.25, -0.2) is 8.78 Å². The topological polar surface area (TPSA) is 58.6 Å². The Morgan fingerprint density at radius 1 is 1.22 bits per heavy atom. The predicted molar refractivity (Wildman–Crippen MR) is 94.5 cm³/mol. The Morgan fingerprint density at radius 3 is 2.67 bits per heavy atom. The number of morpholine rings is 1. The van der Waals surface area contributed by atoms with E-state index < -0.39 is 23.6 Å². The van der Waals surface area contributed by atoms with Crippen LogP contribution in [0.4, 0.5) is 8.78 Å². The smallest absolute Gasteiger partial charge is 0.249 e.